The number of phosphoric ester groups is 1. The van der Waals surface area contributed by atoms with Gasteiger partial charge in [0.2, 0.25) is 0 Å². The van der Waals surface area contributed by atoms with E-state index in [1.807, 2.05) is 13.8 Å². The number of phosphoric acid groups is 3. The molecule has 45 heteroatoms. The van der Waals surface area contributed by atoms with Crippen molar-refractivity contribution in [1.82, 2.24) is 15.5 Å². The molecular weight excluding hydrogens is 1510 g/mol. The minimum absolute atomic E-state index is 0.00101. The smallest absolute Gasteiger partial charge is 0.478 e. The number of ketones is 1. The number of nitrogens with one attached hydrogen (secondary N) is 3. The van der Waals surface area contributed by atoms with Crippen LogP contribution in [0.3, 0.4) is 0 Å². The van der Waals surface area contributed by atoms with Gasteiger partial charge in [-0.05, 0) is 98.9 Å². The number of carboxylic acids is 1. The molecule has 0 radical (unpaired) electrons. The number of carboxylic acid groups (broad SMARTS) is 1. The maximum atomic E-state index is 13.5. The number of anilines is 1. The molecule has 0 bridgehead atoms. The van der Waals surface area contributed by atoms with Gasteiger partial charge < -0.3 is 84.4 Å². The largest absolute Gasteiger partial charge is 0.490 e. The number of urea groups is 1. The van der Waals surface area contributed by atoms with Crippen LogP contribution in [0.15, 0.2) is 68.4 Å². The number of amides is 3. The zero-order valence-electron chi connectivity index (χ0n) is 53.3. The molecular formula is C55H73N6O30P3S6. The molecule has 100 heavy (non-hydrogen) atoms. The average molecular weight is 1580 g/mol. The van der Waals surface area contributed by atoms with Gasteiger partial charge in [0, 0.05) is 72.0 Å². The zero-order valence-corrected chi connectivity index (χ0v) is 60.9. The quantitative estimate of drug-likeness (QED) is 0.00249. The zero-order chi connectivity index (χ0) is 74.0. The summed E-state index contributed by atoms with van der Waals surface area (Å²) in [4.78, 5) is 99.9. The minimum Gasteiger partial charge on any atom is -0.478 e. The standard InChI is InChI=1S/C55H73N6O30P3S6/c1-55(2,97-96-31-83-20-6-7-22-84-45(63)11-5-4-9-34-29-61(53(66)60-51(34)58)44-28-42(86-32-98(3)95)43(88-44)30-87-93(71,72)91-94(73,74)90-92(68,69)70)18-23-85-54(67)59-19-24-82-26-25-81-21-8-10-41(62)33-12-13-35(52(64)65)38(27-33)46-36-14-16-39(56)49(99(75,76)77)47(36)89-48-37(46)15-17-40(57)50(48)100(78,79)80/h12-17,27,29,42-44,51,56H,5-8,10-11,18-26,28,30-32,57-58H2,1-3H3,(H,59,67)(H,60,66)(H,64,65)(H,71,72)(H,73,74)(H2,68,69,70)(H,75,76,77)(H,78,79,80)/t42-,43+,44+,51?,98?/m0/s1. The number of rotatable bonds is 40. The summed E-state index contributed by atoms with van der Waals surface area (Å²) in [6, 6.07) is 7.33. The lowest BCUT2D eigenvalue weighted by molar-refractivity contribution is -0.143. The number of unbranched alkanes of at least 4 members (excludes halogenated alkanes) is 1. The number of carbonyl (C=O) groups is 5. The molecule has 7 atom stereocenters. The fraction of sp³-hybridized carbons (Fsp3) is 0.491. The predicted molar refractivity (Wildman–Crippen MR) is 361 cm³/mol. The average Bonchev–Trinajstić information content (AvgIpc) is 0.795. The van der Waals surface area contributed by atoms with Crippen LogP contribution in [0.4, 0.5) is 15.3 Å². The molecule has 554 valence electrons. The predicted octanol–water partition coefficient (Wildman–Crippen LogP) is 5.52. The molecule has 4 unspecified atom stereocenters. The fourth-order valence-electron chi connectivity index (χ4n) is 9.33. The van der Waals surface area contributed by atoms with Crippen LogP contribution >= 0.6 is 45.1 Å². The van der Waals surface area contributed by atoms with Crippen LogP contribution in [0.1, 0.15) is 85.9 Å². The lowest BCUT2D eigenvalue weighted by Gasteiger charge is -2.32. The van der Waals surface area contributed by atoms with E-state index in [0.29, 0.717) is 31.8 Å². The number of nitrogen functional groups attached to an aromatic ring is 1. The van der Waals surface area contributed by atoms with Crippen molar-refractivity contribution in [3.63, 3.8) is 0 Å². The minimum atomic E-state index is -5.79. The number of fused-ring (bicyclic) bond motifs is 2. The van der Waals surface area contributed by atoms with E-state index in [1.54, 1.807) is 17.0 Å². The Kier molecular flexibility index (Phi) is 31.2. The summed E-state index contributed by atoms with van der Waals surface area (Å²) in [7, 11) is -25.0. The van der Waals surface area contributed by atoms with Gasteiger partial charge in [-0.3, -0.25) is 33.5 Å². The van der Waals surface area contributed by atoms with Gasteiger partial charge in [0.15, 0.2) is 26.9 Å². The number of ether oxygens (including phenoxy) is 7. The molecule has 0 saturated carbocycles. The second-order valence-electron chi connectivity index (χ2n) is 22.0. The molecule has 14 N–H and O–H groups in total. The van der Waals surface area contributed by atoms with Crippen LogP contribution in [-0.2, 0) is 106 Å². The van der Waals surface area contributed by atoms with Crippen molar-refractivity contribution in [2.24, 2.45) is 5.73 Å². The SMILES string of the molecule is CS(=S)CO[C@H]1C[C@H](N2C=C(C#CCCC(=O)OCCCCOCSSC(C)(C)CCOC(=O)NCCOCCOCCCC(=O)c3ccc(C(=O)O)c(-c4c5ccc(=N)c(S(=O)(=O)O)c-5oc5c(S(=O)(=O)O)c(N)ccc45)c3)C(N)NC2=O)O[C@@H]1COP(=O)(O)OP(=O)(O)OP(=O)(O)O. The maximum Gasteiger partial charge on any atom is 0.490 e. The number of hydrogen-bond donors (Lipinski definition) is 12. The third-order valence-electron chi connectivity index (χ3n) is 13.8. The Morgan fingerprint density at radius 3 is 2.25 bits per heavy atom. The number of Topliss-reactive ketones (excluding diaryl/α,β-unsaturated/α-hetero) is 1. The van der Waals surface area contributed by atoms with E-state index in [2.05, 4.69) is 31.1 Å². The number of aromatic carboxylic acids is 1. The Labute approximate surface area is 587 Å². The lowest BCUT2D eigenvalue weighted by Crippen LogP contribution is -2.54. The van der Waals surface area contributed by atoms with Crippen LogP contribution < -0.4 is 27.5 Å². The molecule has 0 aromatic heterocycles. The molecule has 2 aromatic rings. The molecule has 3 heterocycles. The van der Waals surface area contributed by atoms with Gasteiger partial charge in [-0.15, -0.1) is 0 Å². The molecule has 3 aliphatic heterocycles. The lowest BCUT2D eigenvalue weighted by atomic mass is 9.88. The molecule has 6 rings (SSSR count). The highest BCUT2D eigenvalue weighted by Crippen LogP contribution is 2.66. The van der Waals surface area contributed by atoms with E-state index in [1.165, 1.54) is 41.3 Å². The molecule has 0 spiro atoms. The molecule has 1 fully saturated rings. The number of hydrogen-bond acceptors (Lipinski definition) is 29. The molecule has 36 nitrogen and oxygen atoms in total. The van der Waals surface area contributed by atoms with Gasteiger partial charge in [-0.25, -0.2) is 28.1 Å². The number of benzene rings is 3. The number of nitrogens with zero attached hydrogens (tertiary/aromatic N) is 1. The summed E-state index contributed by atoms with van der Waals surface area (Å²) < 4.78 is 162. The summed E-state index contributed by atoms with van der Waals surface area (Å²) >= 11 is 5.17. The first-order valence-corrected chi connectivity index (χ1v) is 41.9. The molecule has 1 aliphatic carbocycles. The van der Waals surface area contributed by atoms with Crippen LogP contribution in [-0.4, -0.2) is 192 Å². The Bertz CT molecular complexity index is 4190. The van der Waals surface area contributed by atoms with E-state index in [9.17, 15) is 78.5 Å². The van der Waals surface area contributed by atoms with E-state index in [0.717, 1.165) is 23.1 Å². The van der Waals surface area contributed by atoms with Crippen LogP contribution in [0.2, 0.25) is 0 Å². The summed E-state index contributed by atoms with van der Waals surface area (Å²) in [5, 5.41) is 22.6. The monoisotopic (exact) mass is 1580 g/mol. The first-order valence-electron chi connectivity index (χ1n) is 29.5. The third kappa shape index (κ3) is 26.1. The van der Waals surface area contributed by atoms with Crippen LogP contribution in [0.5, 0.6) is 0 Å². The Morgan fingerprint density at radius 1 is 0.880 bits per heavy atom. The second kappa shape index (κ2) is 37.4. The highest BCUT2D eigenvalue weighted by Gasteiger charge is 2.46. The Morgan fingerprint density at radius 2 is 1.57 bits per heavy atom. The van der Waals surface area contributed by atoms with Crippen molar-refractivity contribution in [1.29, 1.82) is 5.41 Å². The van der Waals surface area contributed by atoms with Crippen LogP contribution in [0.25, 0.3) is 33.4 Å². The van der Waals surface area contributed by atoms with Gasteiger partial charge in [0.25, 0.3) is 20.2 Å². The normalized spacial score (nSPS) is 18.3. The Hall–Kier alpha value is -5.36. The third-order valence-corrected chi connectivity index (χ3v) is 23.3. The van der Waals surface area contributed by atoms with Crippen molar-refractivity contribution in [3.8, 4) is 34.3 Å². The van der Waals surface area contributed by atoms with Crippen molar-refractivity contribution in [2.45, 2.75) is 104 Å². The van der Waals surface area contributed by atoms with Crippen molar-refractivity contribution in [2.75, 3.05) is 83.3 Å². The van der Waals surface area contributed by atoms with Gasteiger partial charge in [0.05, 0.1) is 80.3 Å². The highest BCUT2D eigenvalue weighted by atomic mass is 33.1. The van der Waals surface area contributed by atoms with Gasteiger partial charge in [-0.1, -0.05) is 48.9 Å². The molecule has 1 saturated heterocycles. The fourth-order valence-corrected chi connectivity index (χ4v) is 16.7. The first kappa shape index (κ1) is 83.6. The molecule has 3 amide bonds. The number of alkyl carbamates (subject to hydrolysis) is 1. The van der Waals surface area contributed by atoms with E-state index in [4.69, 9.17) is 80.0 Å². The summed E-state index contributed by atoms with van der Waals surface area (Å²) in [5.41, 5.74) is 9.92. The molecule has 2 aromatic carbocycles. The van der Waals surface area contributed by atoms with E-state index >= 15 is 0 Å². The second-order valence-corrected chi connectivity index (χ2v) is 35.2. The van der Waals surface area contributed by atoms with Crippen LogP contribution in [0, 0.1) is 17.3 Å². The van der Waals surface area contributed by atoms with Crippen molar-refractivity contribution < 1.29 is 139 Å². The van der Waals surface area contributed by atoms with Gasteiger partial charge in [-0.2, -0.15) is 25.5 Å². The van der Waals surface area contributed by atoms with Crippen molar-refractivity contribution >= 4 is 132 Å². The van der Waals surface area contributed by atoms with Crippen molar-refractivity contribution in [3.05, 3.63) is 70.7 Å². The number of esters is 1. The summed E-state index contributed by atoms with van der Waals surface area (Å²) in [6.45, 7) is 4.48. The van der Waals surface area contributed by atoms with Gasteiger partial charge >= 0.3 is 47.5 Å². The molecule has 4 aliphatic rings. The maximum absolute atomic E-state index is 13.5. The van der Waals surface area contributed by atoms with E-state index < -0.39 is 152 Å². The first-order chi connectivity index (χ1) is 46.8. The summed E-state index contributed by atoms with van der Waals surface area (Å²) in [5.74, 6) is 2.79. The highest BCUT2D eigenvalue weighted by molar-refractivity contribution is 8.77. The summed E-state index contributed by atoms with van der Waals surface area (Å²) in [6.07, 6.45) is -0.180. The topological polar surface area (TPSA) is 555 Å². The number of nitrogens with two attached hydrogens (primary N) is 2. The van der Waals surface area contributed by atoms with Gasteiger partial charge in [0.1, 0.15) is 24.4 Å². The number of carbonyl (C=O) groups excluding carboxylic acids is 4. The Balaban J connectivity index is 0.808. The van der Waals surface area contributed by atoms with E-state index in [-0.39, 0.29) is 122 Å².